The number of benzene rings is 3. The maximum absolute atomic E-state index is 10.5. The van der Waals surface area contributed by atoms with Gasteiger partial charge in [0.15, 0.2) is 0 Å². The van der Waals surface area contributed by atoms with Gasteiger partial charge in [0, 0.05) is 36.4 Å². The molecule has 224 valence electrons. The Bertz CT molecular complexity index is 1630. The van der Waals surface area contributed by atoms with Crippen molar-refractivity contribution >= 4 is 27.8 Å². The first-order valence-corrected chi connectivity index (χ1v) is 14.8. The highest BCUT2D eigenvalue weighted by Gasteiger charge is 2.20. The zero-order valence-electron chi connectivity index (χ0n) is 24.7. The largest absolute Gasteiger partial charge is 0.497 e. The molecule has 3 heterocycles. The Morgan fingerprint density at radius 3 is 2.30 bits per heavy atom. The summed E-state index contributed by atoms with van der Waals surface area (Å²) in [5, 5.41) is 4.90. The van der Waals surface area contributed by atoms with Crippen molar-refractivity contribution in [3.05, 3.63) is 95.6 Å². The van der Waals surface area contributed by atoms with Crippen LogP contribution in [-0.2, 0) is 24.1 Å². The van der Waals surface area contributed by atoms with E-state index in [0.717, 1.165) is 57.9 Å². The van der Waals surface area contributed by atoms with E-state index in [1.807, 2.05) is 48.5 Å². The van der Waals surface area contributed by atoms with Gasteiger partial charge >= 0.3 is 0 Å². The molecular weight excluding hydrogens is 566 g/mol. The van der Waals surface area contributed by atoms with Crippen LogP contribution in [-0.4, -0.2) is 53.6 Å². The second-order valence-electron chi connectivity index (χ2n) is 10.7. The predicted octanol–water partition coefficient (Wildman–Crippen LogP) is 7.11. The molecule has 0 bridgehead atoms. The van der Waals surface area contributed by atoms with Gasteiger partial charge in [-0.05, 0) is 97.6 Å². The van der Waals surface area contributed by atoms with Gasteiger partial charge in [0.25, 0.3) is 0 Å². The van der Waals surface area contributed by atoms with Crippen molar-refractivity contribution in [2.45, 2.75) is 45.1 Å². The maximum Gasteiger partial charge on any atom is 0.231 e. The summed E-state index contributed by atoms with van der Waals surface area (Å²) in [6.45, 7) is 4.56. The van der Waals surface area contributed by atoms with Gasteiger partial charge < -0.3 is 23.3 Å². The molecule has 1 saturated heterocycles. The molecule has 8 nitrogen and oxygen atoms in total. The molecule has 1 aliphatic rings. The first kappa shape index (κ1) is 30.3. The van der Waals surface area contributed by atoms with Crippen molar-refractivity contribution in [3.63, 3.8) is 0 Å². The van der Waals surface area contributed by atoms with Gasteiger partial charge in [0.2, 0.25) is 17.0 Å². The van der Waals surface area contributed by atoms with Crippen molar-refractivity contribution in [3.8, 4) is 22.9 Å². The van der Waals surface area contributed by atoms with Gasteiger partial charge in [-0.25, -0.2) is 0 Å². The van der Waals surface area contributed by atoms with E-state index in [4.69, 9.17) is 30.0 Å². The molecule has 0 aliphatic carbocycles. The molecule has 0 amide bonds. The number of aromatic nitrogens is 2. The summed E-state index contributed by atoms with van der Waals surface area (Å²) in [4.78, 5) is 17.6. The summed E-state index contributed by atoms with van der Waals surface area (Å²) in [6.07, 6.45) is 4.39. The lowest BCUT2D eigenvalue weighted by Crippen LogP contribution is -2.28. The van der Waals surface area contributed by atoms with Crippen LogP contribution in [0.2, 0.25) is 0 Å². The van der Waals surface area contributed by atoms with Crippen LogP contribution in [0.3, 0.4) is 0 Å². The highest BCUT2D eigenvalue weighted by molar-refractivity contribution is 6.63. The summed E-state index contributed by atoms with van der Waals surface area (Å²) in [5.41, 5.74) is 3.82. The fraction of sp³-hybridized carbons (Fsp3) is 0.324. The summed E-state index contributed by atoms with van der Waals surface area (Å²) in [7, 11) is 3.26. The predicted molar refractivity (Wildman–Crippen MR) is 167 cm³/mol. The molecule has 43 heavy (non-hydrogen) atoms. The maximum atomic E-state index is 10.5. The minimum atomic E-state index is -0.347. The number of hydrogen-bond donors (Lipinski definition) is 0. The zero-order valence-corrected chi connectivity index (χ0v) is 25.5. The van der Waals surface area contributed by atoms with Crippen LogP contribution >= 0.6 is 11.6 Å². The zero-order chi connectivity index (χ0) is 30.2. The molecule has 6 rings (SSSR count). The van der Waals surface area contributed by atoms with E-state index in [2.05, 4.69) is 34.1 Å². The average Bonchev–Trinajstić information content (AvgIpc) is 3.76. The van der Waals surface area contributed by atoms with Gasteiger partial charge in [-0.15, -0.1) is 0 Å². The van der Waals surface area contributed by atoms with Gasteiger partial charge in [0.05, 0.1) is 20.6 Å². The summed E-state index contributed by atoms with van der Waals surface area (Å²) in [6, 6.07) is 24.0. The third-order valence-electron chi connectivity index (χ3n) is 7.65. The normalized spacial score (nSPS) is 14.8. The van der Waals surface area contributed by atoms with E-state index in [0.29, 0.717) is 24.2 Å². The number of rotatable bonds is 10. The molecule has 0 spiro atoms. The lowest BCUT2D eigenvalue weighted by atomic mass is 10.1. The van der Waals surface area contributed by atoms with Crippen LogP contribution in [0.15, 0.2) is 81.7 Å². The van der Waals surface area contributed by atoms with Gasteiger partial charge in [-0.3, -0.25) is 4.79 Å². The number of carbonyl (C=O) groups excluding carboxylic acids is 1. The molecule has 1 atom stereocenters. The summed E-state index contributed by atoms with van der Waals surface area (Å²) < 4.78 is 21.7. The van der Waals surface area contributed by atoms with E-state index in [9.17, 15) is 4.79 Å². The van der Waals surface area contributed by atoms with Crippen molar-refractivity contribution in [2.24, 2.45) is 0 Å². The Morgan fingerprint density at radius 1 is 0.977 bits per heavy atom. The molecule has 0 saturated carbocycles. The minimum Gasteiger partial charge on any atom is -0.497 e. The van der Waals surface area contributed by atoms with Crippen molar-refractivity contribution in [1.29, 1.82) is 0 Å². The van der Waals surface area contributed by atoms with Crippen LogP contribution < -0.4 is 9.47 Å². The van der Waals surface area contributed by atoms with Crippen LogP contribution in [0.25, 0.3) is 22.4 Å². The number of likely N-dealkylation sites (tertiary alicyclic amines) is 1. The fourth-order valence-electron chi connectivity index (χ4n) is 5.21. The molecule has 5 aromatic rings. The number of carbonyl (C=O) groups is 1. The Hall–Kier alpha value is -4.14. The van der Waals surface area contributed by atoms with Crippen LogP contribution in [0.5, 0.6) is 11.5 Å². The molecular formula is C34H36ClN3O5. The molecule has 9 heteroatoms. The number of nitrogens with zero attached hydrogens (tertiary/aromatic N) is 3. The van der Waals surface area contributed by atoms with E-state index >= 15 is 0 Å². The van der Waals surface area contributed by atoms with Crippen molar-refractivity contribution < 1.29 is 23.2 Å². The van der Waals surface area contributed by atoms with Crippen molar-refractivity contribution in [1.82, 2.24) is 15.0 Å². The van der Waals surface area contributed by atoms with Crippen LogP contribution in [0, 0.1) is 0 Å². The van der Waals surface area contributed by atoms with Gasteiger partial charge in [0.1, 0.15) is 22.8 Å². The Labute approximate surface area is 256 Å². The highest BCUT2D eigenvalue weighted by Crippen LogP contribution is 2.27. The quantitative estimate of drug-likeness (QED) is 0.156. The SMILES string of the molecule is COc1ccc(CC(=O)Cl)cc1.COc1ccc(Cc2nc(-c3ccc4oc(CCN5CCC[C@H]5C)cc4c3)no2)cc1. The third kappa shape index (κ3) is 8.24. The lowest BCUT2D eigenvalue weighted by Gasteiger charge is -2.19. The van der Waals surface area contributed by atoms with E-state index < -0.39 is 0 Å². The van der Waals surface area contributed by atoms with E-state index in [1.54, 1.807) is 26.4 Å². The standard InChI is InChI=1S/C25H27N3O3.C9H9ClO2/c1-17-4-3-12-28(17)13-11-22-16-20-15-19(7-10-23(20)30-22)25-26-24(31-27-25)14-18-5-8-21(29-2)9-6-18;1-12-8-4-2-7(3-5-8)6-9(10)11/h5-10,15-17H,3-4,11-14H2,1-2H3;2-5H,6H2,1H3/t17-;/m1./s1. The number of fused-ring (bicyclic) bond motifs is 1. The lowest BCUT2D eigenvalue weighted by molar-refractivity contribution is -0.111. The molecule has 0 unspecified atom stereocenters. The summed E-state index contributed by atoms with van der Waals surface area (Å²) >= 11 is 5.22. The Morgan fingerprint density at radius 2 is 1.67 bits per heavy atom. The van der Waals surface area contributed by atoms with Crippen LogP contribution in [0.1, 0.15) is 42.5 Å². The third-order valence-corrected chi connectivity index (χ3v) is 7.78. The number of methoxy groups -OCH3 is 2. The second kappa shape index (κ2) is 14.4. The monoisotopic (exact) mass is 601 g/mol. The Balaban J connectivity index is 0.000000259. The summed E-state index contributed by atoms with van der Waals surface area (Å²) in [5.74, 6) is 3.82. The number of hydrogen-bond acceptors (Lipinski definition) is 8. The molecule has 3 aromatic carbocycles. The van der Waals surface area contributed by atoms with Crippen LogP contribution in [0.4, 0.5) is 0 Å². The number of ether oxygens (including phenoxy) is 2. The minimum absolute atomic E-state index is 0.269. The average molecular weight is 602 g/mol. The van der Waals surface area contributed by atoms with Gasteiger partial charge in [-0.2, -0.15) is 4.98 Å². The second-order valence-corrected chi connectivity index (χ2v) is 11.1. The molecule has 2 aromatic heterocycles. The topological polar surface area (TPSA) is 90.8 Å². The molecule has 0 N–H and O–H groups in total. The number of furan rings is 1. The smallest absolute Gasteiger partial charge is 0.231 e. The fourth-order valence-corrected chi connectivity index (χ4v) is 5.36. The first-order valence-electron chi connectivity index (χ1n) is 14.4. The molecule has 1 aliphatic heterocycles. The molecule has 1 fully saturated rings. The first-order chi connectivity index (χ1) is 20.9. The van der Waals surface area contributed by atoms with Gasteiger partial charge in [-0.1, -0.05) is 29.4 Å². The highest BCUT2D eigenvalue weighted by atomic mass is 35.5. The number of halogens is 1. The molecule has 0 radical (unpaired) electrons. The van der Waals surface area contributed by atoms with E-state index in [1.165, 1.54) is 19.4 Å². The van der Waals surface area contributed by atoms with E-state index in [-0.39, 0.29) is 11.7 Å². The van der Waals surface area contributed by atoms with Crippen molar-refractivity contribution in [2.75, 3.05) is 27.3 Å². The Kier molecular flexibility index (Phi) is 10.1.